The molecule has 0 bridgehead atoms. The van der Waals surface area contributed by atoms with Gasteiger partial charge in [-0.2, -0.15) is 0 Å². The van der Waals surface area contributed by atoms with Crippen molar-refractivity contribution < 1.29 is 4.42 Å². The van der Waals surface area contributed by atoms with E-state index in [1.54, 1.807) is 0 Å². The number of para-hydroxylation sites is 1. The molecule has 2 nitrogen and oxygen atoms in total. The second kappa shape index (κ2) is 11.8. The summed E-state index contributed by atoms with van der Waals surface area (Å²) in [5, 5.41) is 4.57. The highest BCUT2D eigenvalue weighted by Gasteiger charge is 2.19. The Bertz CT molecular complexity index is 2550. The maximum absolute atomic E-state index is 6.47. The van der Waals surface area contributed by atoms with Gasteiger partial charge in [-0.1, -0.05) is 140 Å². The molecule has 0 saturated heterocycles. The van der Waals surface area contributed by atoms with E-state index in [9.17, 15) is 0 Å². The fourth-order valence-corrected chi connectivity index (χ4v) is 6.90. The average molecular weight is 614 g/mol. The van der Waals surface area contributed by atoms with Gasteiger partial charge < -0.3 is 9.32 Å². The van der Waals surface area contributed by atoms with Crippen molar-refractivity contribution in [3.63, 3.8) is 0 Å². The van der Waals surface area contributed by atoms with E-state index in [1.165, 1.54) is 27.6 Å². The monoisotopic (exact) mass is 613 g/mol. The van der Waals surface area contributed by atoms with Crippen LogP contribution >= 0.6 is 0 Å². The quantitative estimate of drug-likeness (QED) is 0.185. The van der Waals surface area contributed by atoms with Crippen molar-refractivity contribution in [2.75, 3.05) is 4.90 Å². The van der Waals surface area contributed by atoms with Crippen molar-refractivity contribution >= 4 is 49.8 Å². The lowest BCUT2D eigenvalue weighted by Gasteiger charge is -2.28. The van der Waals surface area contributed by atoms with Crippen LogP contribution in [0.4, 0.5) is 17.1 Å². The molecule has 1 heterocycles. The van der Waals surface area contributed by atoms with Gasteiger partial charge in [-0.3, -0.25) is 0 Å². The van der Waals surface area contributed by atoms with Gasteiger partial charge in [-0.15, -0.1) is 0 Å². The van der Waals surface area contributed by atoms with Crippen LogP contribution in [0.3, 0.4) is 0 Å². The lowest BCUT2D eigenvalue weighted by molar-refractivity contribution is 0.672. The van der Waals surface area contributed by atoms with Crippen LogP contribution in [0.1, 0.15) is 0 Å². The molecule has 0 fully saturated rings. The molecule has 226 valence electrons. The van der Waals surface area contributed by atoms with Crippen molar-refractivity contribution in [3.8, 4) is 33.4 Å². The number of hydrogen-bond acceptors (Lipinski definition) is 2. The number of rotatable bonds is 6. The maximum atomic E-state index is 6.47. The van der Waals surface area contributed by atoms with Crippen LogP contribution in [0.25, 0.3) is 66.1 Å². The van der Waals surface area contributed by atoms with Gasteiger partial charge in [0.2, 0.25) is 0 Å². The van der Waals surface area contributed by atoms with Gasteiger partial charge in [-0.25, -0.2) is 0 Å². The molecule has 9 rings (SSSR count). The van der Waals surface area contributed by atoms with Crippen molar-refractivity contribution in [3.05, 3.63) is 188 Å². The standard InChI is InChI=1S/C46H31NO/c1-3-12-32(13-4-1)34-22-26-38(27-23-34)47(39-18-11-17-36(30-39)33-14-5-2-6-15-33)44-21-10-9-19-40(44)37-25-29-45-43(31-37)42-28-24-35-16-7-8-20-41(35)46(42)48-45/h1-31H. The second-order valence-corrected chi connectivity index (χ2v) is 12.2. The van der Waals surface area contributed by atoms with Gasteiger partial charge >= 0.3 is 0 Å². The Morgan fingerprint density at radius 2 is 1.00 bits per heavy atom. The summed E-state index contributed by atoms with van der Waals surface area (Å²) < 4.78 is 6.47. The molecule has 0 aliphatic heterocycles. The SMILES string of the molecule is c1ccc(-c2ccc(N(c3cccc(-c4ccccc4)c3)c3ccccc3-c3ccc4oc5c6ccccc6ccc5c4c3)cc2)cc1. The molecule has 0 atom stereocenters. The Labute approximate surface area is 279 Å². The Morgan fingerprint density at radius 1 is 0.354 bits per heavy atom. The number of benzene rings is 8. The lowest BCUT2D eigenvalue weighted by atomic mass is 9.98. The lowest BCUT2D eigenvalue weighted by Crippen LogP contribution is -2.11. The average Bonchev–Trinajstić information content (AvgIpc) is 3.55. The molecular formula is C46H31NO. The van der Waals surface area contributed by atoms with E-state index in [2.05, 4.69) is 193 Å². The van der Waals surface area contributed by atoms with Gasteiger partial charge in [-0.05, 0) is 81.7 Å². The van der Waals surface area contributed by atoms with Crippen LogP contribution in [0.5, 0.6) is 0 Å². The van der Waals surface area contributed by atoms with Crippen LogP contribution < -0.4 is 4.90 Å². The number of anilines is 3. The Morgan fingerprint density at radius 3 is 1.81 bits per heavy atom. The minimum absolute atomic E-state index is 0.895. The summed E-state index contributed by atoms with van der Waals surface area (Å²) in [6.07, 6.45) is 0. The number of furan rings is 1. The maximum Gasteiger partial charge on any atom is 0.143 e. The Balaban J connectivity index is 1.22. The third kappa shape index (κ3) is 4.92. The molecule has 0 saturated carbocycles. The first-order valence-electron chi connectivity index (χ1n) is 16.3. The Kier molecular flexibility index (Phi) is 6.84. The summed E-state index contributed by atoms with van der Waals surface area (Å²) in [6, 6.07) is 66.9. The highest BCUT2D eigenvalue weighted by Crippen LogP contribution is 2.44. The number of hydrogen-bond donors (Lipinski definition) is 0. The van der Waals surface area contributed by atoms with Gasteiger partial charge in [0, 0.05) is 33.1 Å². The highest BCUT2D eigenvalue weighted by atomic mass is 16.3. The third-order valence-corrected chi connectivity index (χ3v) is 9.26. The molecule has 0 aliphatic carbocycles. The highest BCUT2D eigenvalue weighted by molar-refractivity contribution is 6.15. The fraction of sp³-hybridized carbons (Fsp3) is 0. The van der Waals surface area contributed by atoms with Crippen LogP contribution in [0, 0.1) is 0 Å². The molecule has 0 radical (unpaired) electrons. The van der Waals surface area contributed by atoms with Gasteiger partial charge in [0.15, 0.2) is 0 Å². The molecule has 1 aromatic heterocycles. The zero-order valence-electron chi connectivity index (χ0n) is 26.3. The molecule has 0 unspecified atom stereocenters. The molecular weight excluding hydrogens is 583 g/mol. The summed E-state index contributed by atoms with van der Waals surface area (Å²) in [7, 11) is 0. The van der Waals surface area contributed by atoms with Crippen molar-refractivity contribution in [1.82, 2.24) is 0 Å². The molecule has 8 aromatic carbocycles. The molecule has 0 N–H and O–H groups in total. The topological polar surface area (TPSA) is 16.4 Å². The van der Waals surface area contributed by atoms with E-state index >= 15 is 0 Å². The van der Waals surface area contributed by atoms with Crippen LogP contribution in [-0.4, -0.2) is 0 Å². The molecule has 0 amide bonds. The van der Waals surface area contributed by atoms with Crippen molar-refractivity contribution in [2.45, 2.75) is 0 Å². The molecule has 2 heteroatoms. The molecule has 48 heavy (non-hydrogen) atoms. The molecule has 0 aliphatic rings. The van der Waals surface area contributed by atoms with Gasteiger partial charge in [0.25, 0.3) is 0 Å². The third-order valence-electron chi connectivity index (χ3n) is 9.26. The minimum Gasteiger partial charge on any atom is -0.455 e. The van der Waals surface area contributed by atoms with Crippen molar-refractivity contribution in [1.29, 1.82) is 0 Å². The zero-order valence-corrected chi connectivity index (χ0v) is 26.3. The first-order valence-corrected chi connectivity index (χ1v) is 16.3. The van der Waals surface area contributed by atoms with E-state index < -0.39 is 0 Å². The van der Waals surface area contributed by atoms with E-state index in [0.717, 1.165) is 55.5 Å². The molecule has 0 spiro atoms. The van der Waals surface area contributed by atoms with Gasteiger partial charge in [0.1, 0.15) is 11.2 Å². The van der Waals surface area contributed by atoms with Crippen LogP contribution in [0.2, 0.25) is 0 Å². The number of fused-ring (bicyclic) bond motifs is 5. The smallest absolute Gasteiger partial charge is 0.143 e. The van der Waals surface area contributed by atoms with Gasteiger partial charge in [0.05, 0.1) is 5.69 Å². The summed E-state index contributed by atoms with van der Waals surface area (Å²) in [6.45, 7) is 0. The first-order chi connectivity index (χ1) is 23.8. The van der Waals surface area contributed by atoms with Crippen LogP contribution in [-0.2, 0) is 0 Å². The first kappa shape index (κ1) is 27.9. The minimum atomic E-state index is 0.895. The van der Waals surface area contributed by atoms with E-state index in [0.29, 0.717) is 0 Å². The predicted molar refractivity (Wildman–Crippen MR) is 202 cm³/mol. The zero-order chi connectivity index (χ0) is 31.9. The predicted octanol–water partition coefficient (Wildman–Crippen LogP) is 13.2. The van der Waals surface area contributed by atoms with E-state index in [1.807, 2.05) is 0 Å². The largest absolute Gasteiger partial charge is 0.455 e. The second-order valence-electron chi connectivity index (χ2n) is 12.2. The number of nitrogens with zero attached hydrogens (tertiary/aromatic N) is 1. The summed E-state index contributed by atoms with van der Waals surface area (Å²) in [4.78, 5) is 2.38. The fourth-order valence-electron chi connectivity index (χ4n) is 6.90. The Hall–Kier alpha value is -6.38. The summed E-state index contributed by atoms with van der Waals surface area (Å²) >= 11 is 0. The summed E-state index contributed by atoms with van der Waals surface area (Å²) in [5.74, 6) is 0. The van der Waals surface area contributed by atoms with E-state index in [-0.39, 0.29) is 0 Å². The van der Waals surface area contributed by atoms with E-state index in [4.69, 9.17) is 4.42 Å². The van der Waals surface area contributed by atoms with Crippen LogP contribution in [0.15, 0.2) is 192 Å². The normalized spacial score (nSPS) is 11.3. The van der Waals surface area contributed by atoms with Crippen molar-refractivity contribution in [2.24, 2.45) is 0 Å². The molecule has 9 aromatic rings. The summed E-state index contributed by atoms with van der Waals surface area (Å²) in [5.41, 5.74) is 12.2.